The summed E-state index contributed by atoms with van der Waals surface area (Å²) in [6.07, 6.45) is 5.19. The van der Waals surface area contributed by atoms with Crippen molar-refractivity contribution >= 4 is 18.2 Å². The third-order valence-electron chi connectivity index (χ3n) is 4.58. The van der Waals surface area contributed by atoms with Crippen LogP contribution in [0.4, 0.5) is 0 Å². The Morgan fingerprint density at radius 2 is 2.04 bits per heavy atom. The van der Waals surface area contributed by atoms with E-state index in [4.69, 9.17) is 17.0 Å². The van der Waals surface area contributed by atoms with E-state index in [0.29, 0.717) is 11.4 Å². The third kappa shape index (κ3) is 3.39. The second kappa shape index (κ2) is 7.23. The molecule has 3 rings (SSSR count). The van der Waals surface area contributed by atoms with Crippen molar-refractivity contribution in [3.05, 3.63) is 29.3 Å². The highest BCUT2D eigenvalue weighted by Crippen LogP contribution is 2.16. The average Bonchev–Trinajstić information content (AvgIpc) is 2.91. The van der Waals surface area contributed by atoms with Crippen LogP contribution in [0.1, 0.15) is 12.8 Å². The highest BCUT2D eigenvalue weighted by molar-refractivity contribution is 7.71. The van der Waals surface area contributed by atoms with Gasteiger partial charge >= 0.3 is 5.97 Å². The minimum absolute atomic E-state index is 0.0304. The van der Waals surface area contributed by atoms with Gasteiger partial charge in [-0.1, -0.05) is 0 Å². The van der Waals surface area contributed by atoms with Crippen molar-refractivity contribution in [2.24, 2.45) is 13.0 Å². The summed E-state index contributed by atoms with van der Waals surface area (Å²) in [6, 6.07) is 3.85. The quantitative estimate of drug-likeness (QED) is 0.641. The van der Waals surface area contributed by atoms with Crippen LogP contribution in [0, 0.1) is 10.7 Å². The zero-order valence-electron chi connectivity index (χ0n) is 13.9. The molecule has 0 bridgehead atoms. The predicted octanol–water partition coefficient (Wildman–Crippen LogP) is 0.438. The average molecular weight is 348 g/mol. The Kier molecular flexibility index (Phi) is 5.06. The molecule has 0 amide bonds. The van der Waals surface area contributed by atoms with Gasteiger partial charge in [-0.2, -0.15) is 4.68 Å². The fourth-order valence-electron chi connectivity index (χ4n) is 3.14. The molecule has 1 N–H and O–H groups in total. The summed E-state index contributed by atoms with van der Waals surface area (Å²) < 4.78 is 9.33. The van der Waals surface area contributed by atoms with Crippen LogP contribution < -0.4 is 4.90 Å². The lowest BCUT2D eigenvalue weighted by Gasteiger charge is -2.27. The normalized spacial score (nSPS) is 20.8. The number of quaternary nitrogens is 1. The molecule has 2 aromatic heterocycles. The Balaban J connectivity index is 1.71. The fraction of sp³-hybridized carbons (Fsp3) is 0.500. The van der Waals surface area contributed by atoms with Crippen LogP contribution >= 0.6 is 12.2 Å². The lowest BCUT2D eigenvalue weighted by atomic mass is 9.97. The number of piperidine rings is 1. The first-order valence-corrected chi connectivity index (χ1v) is 8.46. The Morgan fingerprint density at radius 1 is 1.38 bits per heavy atom. The molecule has 0 aromatic carbocycles. The van der Waals surface area contributed by atoms with Crippen LogP contribution in [0.25, 0.3) is 11.4 Å². The lowest BCUT2D eigenvalue weighted by molar-refractivity contribution is -0.929. The molecular weight excluding hydrogens is 326 g/mol. The monoisotopic (exact) mass is 348 g/mol. The topological polar surface area (TPSA) is 66.4 Å². The number of nitrogens with one attached hydrogen (secondary N) is 1. The van der Waals surface area contributed by atoms with Crippen LogP contribution in [-0.2, 0) is 23.2 Å². The summed E-state index contributed by atoms with van der Waals surface area (Å²) in [5.41, 5.74) is 0.997. The lowest BCUT2D eigenvalue weighted by Crippen LogP contribution is -3.12. The zero-order valence-corrected chi connectivity index (χ0v) is 14.8. The van der Waals surface area contributed by atoms with Gasteiger partial charge in [-0.25, -0.2) is 0 Å². The van der Waals surface area contributed by atoms with Crippen LogP contribution in [0.3, 0.4) is 0 Å². The van der Waals surface area contributed by atoms with E-state index in [1.165, 1.54) is 12.0 Å². The number of esters is 1. The number of hydrogen-bond donors (Lipinski definition) is 1. The molecular formula is C16H22N5O2S+. The summed E-state index contributed by atoms with van der Waals surface area (Å²) in [6.45, 7) is 2.55. The molecule has 7 nitrogen and oxygen atoms in total. The van der Waals surface area contributed by atoms with Crippen LogP contribution in [0.15, 0.2) is 24.5 Å². The number of carbonyl (C=O) groups is 1. The fourth-order valence-corrected chi connectivity index (χ4v) is 3.33. The molecule has 128 valence electrons. The van der Waals surface area contributed by atoms with Gasteiger partial charge in [-0.3, -0.25) is 9.78 Å². The smallest absolute Gasteiger partial charge is 0.309 e. The van der Waals surface area contributed by atoms with E-state index in [2.05, 4.69) is 10.1 Å². The van der Waals surface area contributed by atoms with Crippen molar-refractivity contribution in [3.8, 4) is 11.4 Å². The van der Waals surface area contributed by atoms with E-state index in [9.17, 15) is 4.79 Å². The summed E-state index contributed by atoms with van der Waals surface area (Å²) in [4.78, 5) is 17.0. The van der Waals surface area contributed by atoms with Gasteiger partial charge in [0.2, 0.25) is 4.77 Å². The SMILES string of the molecule is COC(=O)C1CC[NH+](Cn2nc(-c3ccncc3)n(C)c2=S)CC1. The van der Waals surface area contributed by atoms with E-state index in [-0.39, 0.29) is 11.9 Å². The first-order valence-electron chi connectivity index (χ1n) is 8.05. The molecule has 24 heavy (non-hydrogen) atoms. The number of hydrogen-bond acceptors (Lipinski definition) is 5. The number of pyridine rings is 1. The van der Waals surface area contributed by atoms with Crippen LogP contribution in [0.5, 0.6) is 0 Å². The van der Waals surface area contributed by atoms with Gasteiger partial charge in [0.25, 0.3) is 0 Å². The summed E-state index contributed by atoms with van der Waals surface area (Å²) in [7, 11) is 3.38. The van der Waals surface area contributed by atoms with E-state index >= 15 is 0 Å². The van der Waals surface area contributed by atoms with Gasteiger partial charge in [-0.15, -0.1) is 5.10 Å². The molecule has 2 aromatic rings. The molecule has 1 fully saturated rings. The molecule has 8 heteroatoms. The number of methoxy groups -OCH3 is 1. The first kappa shape index (κ1) is 16.8. The van der Waals surface area contributed by atoms with Crippen molar-refractivity contribution in [2.45, 2.75) is 19.5 Å². The summed E-state index contributed by atoms with van der Waals surface area (Å²) >= 11 is 5.53. The maximum atomic E-state index is 11.6. The predicted molar refractivity (Wildman–Crippen MR) is 90.7 cm³/mol. The van der Waals surface area contributed by atoms with Gasteiger partial charge in [0, 0.05) is 37.8 Å². The molecule has 1 aliphatic heterocycles. The van der Waals surface area contributed by atoms with E-state index in [1.54, 1.807) is 12.4 Å². The second-order valence-corrected chi connectivity index (χ2v) is 6.47. The Hall–Kier alpha value is -2.06. The highest BCUT2D eigenvalue weighted by Gasteiger charge is 2.28. The Bertz CT molecular complexity index is 763. The number of rotatable bonds is 4. The molecule has 1 saturated heterocycles. The van der Waals surface area contributed by atoms with Crippen LogP contribution in [0.2, 0.25) is 0 Å². The molecule has 3 heterocycles. The number of ether oxygens (including phenoxy) is 1. The summed E-state index contributed by atoms with van der Waals surface area (Å²) in [5, 5.41) is 4.68. The van der Waals surface area contributed by atoms with Crippen molar-refractivity contribution in [3.63, 3.8) is 0 Å². The van der Waals surface area contributed by atoms with Gasteiger partial charge in [0.15, 0.2) is 12.5 Å². The summed E-state index contributed by atoms with van der Waals surface area (Å²) in [5.74, 6) is 0.776. The molecule has 0 radical (unpaired) electrons. The van der Waals surface area contributed by atoms with Gasteiger partial charge in [0.05, 0.1) is 26.1 Å². The van der Waals surface area contributed by atoms with E-state index < -0.39 is 0 Å². The second-order valence-electron chi connectivity index (χ2n) is 6.11. The minimum Gasteiger partial charge on any atom is -0.469 e. The Labute approximate surface area is 145 Å². The highest BCUT2D eigenvalue weighted by atomic mass is 32.1. The maximum absolute atomic E-state index is 11.6. The number of aromatic nitrogens is 4. The molecule has 1 aliphatic rings. The van der Waals surface area contributed by atoms with Gasteiger partial charge < -0.3 is 14.2 Å². The Morgan fingerprint density at radius 3 is 2.67 bits per heavy atom. The maximum Gasteiger partial charge on any atom is 0.309 e. The van der Waals surface area contributed by atoms with E-state index in [1.807, 2.05) is 28.4 Å². The molecule has 0 spiro atoms. The standard InChI is InChI=1S/C16H21N5O2S/c1-19-14(12-3-7-17-8-4-12)18-21(16(19)24)11-20-9-5-13(6-10-20)15(22)23-2/h3-4,7-8,13H,5-6,9-11H2,1-2H3/p+1. The molecule has 0 atom stereocenters. The molecule has 0 aliphatic carbocycles. The number of carbonyl (C=O) groups excluding carboxylic acids is 1. The van der Waals surface area contributed by atoms with Crippen molar-refractivity contribution < 1.29 is 14.4 Å². The number of nitrogens with zero attached hydrogens (tertiary/aromatic N) is 4. The van der Waals surface area contributed by atoms with Gasteiger partial charge in [0.1, 0.15) is 0 Å². The largest absolute Gasteiger partial charge is 0.469 e. The molecule has 0 unspecified atom stereocenters. The number of likely N-dealkylation sites (tertiary alicyclic amines) is 1. The van der Waals surface area contributed by atoms with Crippen molar-refractivity contribution in [1.29, 1.82) is 0 Å². The van der Waals surface area contributed by atoms with Crippen molar-refractivity contribution in [2.75, 3.05) is 20.2 Å². The zero-order chi connectivity index (χ0) is 17.1. The van der Waals surface area contributed by atoms with Crippen LogP contribution in [-0.4, -0.2) is 45.5 Å². The third-order valence-corrected chi connectivity index (χ3v) is 5.06. The van der Waals surface area contributed by atoms with Gasteiger partial charge in [-0.05, 0) is 24.4 Å². The first-order chi connectivity index (χ1) is 11.6. The van der Waals surface area contributed by atoms with Crippen molar-refractivity contribution in [1.82, 2.24) is 19.3 Å². The van der Waals surface area contributed by atoms with E-state index in [0.717, 1.165) is 37.3 Å². The molecule has 0 saturated carbocycles. The minimum atomic E-state index is -0.0940.